The lowest BCUT2D eigenvalue weighted by Gasteiger charge is -2.18. The second-order valence-corrected chi connectivity index (χ2v) is 8.25. The Morgan fingerprint density at radius 1 is 1.00 bits per heavy atom. The van der Waals surface area contributed by atoms with Crippen LogP contribution in [0.4, 0.5) is 0 Å². The molecule has 4 aromatic rings. The highest BCUT2D eigenvalue weighted by Gasteiger charge is 2.19. The number of rotatable bonds is 0. The molecule has 0 unspecified atom stereocenters. The van der Waals surface area contributed by atoms with Crippen molar-refractivity contribution < 1.29 is 4.74 Å². The third-order valence-corrected chi connectivity index (χ3v) is 5.98. The van der Waals surface area contributed by atoms with Gasteiger partial charge >= 0.3 is 0 Å². The van der Waals surface area contributed by atoms with Crippen LogP contribution in [0.1, 0.15) is 28.3 Å². The van der Waals surface area contributed by atoms with Crippen LogP contribution >= 0.6 is 0 Å². The van der Waals surface area contributed by atoms with Crippen molar-refractivity contribution in [3.63, 3.8) is 0 Å². The van der Waals surface area contributed by atoms with E-state index in [4.69, 9.17) is 4.74 Å². The maximum Gasteiger partial charge on any atom is 0.219 e. The van der Waals surface area contributed by atoms with Gasteiger partial charge in [0.05, 0.1) is 33.9 Å². The van der Waals surface area contributed by atoms with Crippen LogP contribution in [0.5, 0.6) is 5.88 Å². The maximum atomic E-state index is 6.25. The summed E-state index contributed by atoms with van der Waals surface area (Å²) in [4.78, 5) is 2.25. The Bertz CT molecular complexity index is 1310. The molecule has 2 bridgehead atoms. The van der Waals surface area contributed by atoms with E-state index in [2.05, 4.69) is 63.6 Å². The van der Waals surface area contributed by atoms with Crippen molar-refractivity contribution >= 4 is 23.1 Å². The molecule has 1 aliphatic rings. The summed E-state index contributed by atoms with van der Waals surface area (Å²) < 4.78 is 10.0. The predicted octanol–water partition coefficient (Wildman–Crippen LogP) is 3.31. The molecule has 0 spiro atoms. The number of nitrogens with zero attached hydrogens (tertiary/aromatic N) is 6. The molecular formula is C23H27N7O. The van der Waals surface area contributed by atoms with Gasteiger partial charge in [-0.25, -0.2) is 4.68 Å². The summed E-state index contributed by atoms with van der Waals surface area (Å²) in [6.07, 6.45) is 4.24. The molecule has 0 amide bonds. The molecule has 0 atom stereocenters. The third kappa shape index (κ3) is 3.33. The Morgan fingerprint density at radius 3 is 2.65 bits per heavy atom. The molecular weight excluding hydrogens is 390 g/mol. The van der Waals surface area contributed by atoms with E-state index in [1.165, 1.54) is 5.69 Å². The zero-order valence-electron chi connectivity index (χ0n) is 18.6. The van der Waals surface area contributed by atoms with Crippen molar-refractivity contribution in [2.24, 2.45) is 14.1 Å². The molecule has 8 heteroatoms. The number of nitrogens with one attached hydrogen (secondary N) is 1. The monoisotopic (exact) mass is 417 g/mol. The molecule has 31 heavy (non-hydrogen) atoms. The summed E-state index contributed by atoms with van der Waals surface area (Å²) in [5, 5.41) is 18.0. The standard InChI is InChI=1S/C23H27N7O/c1-14-17-7-9-20-18-12-16(6-8-19(18)24-25-20)22-15(2)27-30(5)23(22)31-11-10-28(3)13-21(17)29(4)26-14/h6-9,12H,10-11,13H2,1-5H3,(H,24,25)/b9-7+. The number of H-pyrrole nitrogens is 1. The van der Waals surface area contributed by atoms with Gasteiger partial charge in [0.15, 0.2) is 0 Å². The average Bonchev–Trinajstić information content (AvgIpc) is 3.34. The highest BCUT2D eigenvalue weighted by atomic mass is 16.5. The maximum absolute atomic E-state index is 6.25. The number of ether oxygens (including phenoxy) is 1. The van der Waals surface area contributed by atoms with E-state index < -0.39 is 0 Å². The van der Waals surface area contributed by atoms with Gasteiger partial charge in [-0.1, -0.05) is 6.07 Å². The van der Waals surface area contributed by atoms with E-state index >= 15 is 0 Å². The summed E-state index contributed by atoms with van der Waals surface area (Å²) in [5.41, 5.74) is 8.29. The molecule has 4 heterocycles. The first-order valence-electron chi connectivity index (χ1n) is 10.5. The Kier molecular flexibility index (Phi) is 4.66. The number of hydrogen-bond donors (Lipinski definition) is 1. The normalized spacial score (nSPS) is 15.9. The van der Waals surface area contributed by atoms with Crippen molar-refractivity contribution in [1.29, 1.82) is 0 Å². The van der Waals surface area contributed by atoms with E-state index in [0.29, 0.717) is 6.61 Å². The fraction of sp³-hybridized carbons (Fsp3) is 0.348. The Morgan fingerprint density at radius 2 is 1.81 bits per heavy atom. The van der Waals surface area contributed by atoms with E-state index in [1.54, 1.807) is 0 Å². The zero-order valence-corrected chi connectivity index (χ0v) is 18.6. The van der Waals surface area contributed by atoms with Crippen molar-refractivity contribution in [2.45, 2.75) is 20.4 Å². The van der Waals surface area contributed by atoms with E-state index in [9.17, 15) is 0 Å². The summed E-state index contributed by atoms with van der Waals surface area (Å²) >= 11 is 0. The largest absolute Gasteiger partial charge is 0.476 e. The van der Waals surface area contributed by atoms with Gasteiger partial charge in [0.2, 0.25) is 5.88 Å². The van der Waals surface area contributed by atoms with Gasteiger partial charge in [0.25, 0.3) is 0 Å². The highest BCUT2D eigenvalue weighted by molar-refractivity contribution is 5.93. The summed E-state index contributed by atoms with van der Waals surface area (Å²) in [7, 11) is 6.04. The Hall–Kier alpha value is -3.39. The van der Waals surface area contributed by atoms with Gasteiger partial charge in [-0.3, -0.25) is 14.7 Å². The topological polar surface area (TPSA) is 76.8 Å². The Balaban J connectivity index is 1.70. The first kappa shape index (κ1) is 19.6. The van der Waals surface area contributed by atoms with Gasteiger partial charge in [-0.05, 0) is 50.7 Å². The van der Waals surface area contributed by atoms with Crippen LogP contribution in [0.25, 0.3) is 34.2 Å². The van der Waals surface area contributed by atoms with E-state index in [0.717, 1.165) is 63.6 Å². The second kappa shape index (κ2) is 7.39. The molecule has 8 nitrogen and oxygen atoms in total. The van der Waals surface area contributed by atoms with Crippen molar-refractivity contribution in [3.8, 4) is 17.0 Å². The van der Waals surface area contributed by atoms with Gasteiger partial charge in [0.1, 0.15) is 6.61 Å². The molecule has 0 fully saturated rings. The Labute approximate surface area is 181 Å². The molecule has 5 rings (SSSR count). The fourth-order valence-electron chi connectivity index (χ4n) is 4.37. The number of hydrogen-bond acceptors (Lipinski definition) is 5. The van der Waals surface area contributed by atoms with Crippen LogP contribution < -0.4 is 4.74 Å². The quantitative estimate of drug-likeness (QED) is 0.475. The first-order chi connectivity index (χ1) is 14.9. The number of aromatic amines is 1. The van der Waals surface area contributed by atoms with Crippen LogP contribution in [0.3, 0.4) is 0 Å². The van der Waals surface area contributed by atoms with Gasteiger partial charge in [-0.15, -0.1) is 0 Å². The first-order valence-corrected chi connectivity index (χ1v) is 10.5. The van der Waals surface area contributed by atoms with E-state index in [1.807, 2.05) is 36.4 Å². The third-order valence-electron chi connectivity index (χ3n) is 5.98. The molecule has 3 aromatic heterocycles. The van der Waals surface area contributed by atoms with Gasteiger partial charge in [0, 0.05) is 38.1 Å². The van der Waals surface area contributed by atoms with Crippen LogP contribution in [0.2, 0.25) is 0 Å². The summed E-state index contributed by atoms with van der Waals surface area (Å²) in [5.74, 6) is 0.790. The molecule has 1 aliphatic heterocycles. The van der Waals surface area contributed by atoms with Crippen molar-refractivity contribution in [3.05, 3.63) is 46.5 Å². The fourth-order valence-corrected chi connectivity index (χ4v) is 4.37. The number of aromatic nitrogens is 6. The highest BCUT2D eigenvalue weighted by Crippen LogP contribution is 2.35. The number of fused-ring (bicyclic) bond motifs is 4. The van der Waals surface area contributed by atoms with Gasteiger partial charge in [-0.2, -0.15) is 15.3 Å². The number of benzene rings is 1. The minimum atomic E-state index is 0.573. The molecule has 0 saturated heterocycles. The lowest BCUT2D eigenvalue weighted by atomic mass is 10.0. The smallest absolute Gasteiger partial charge is 0.219 e. The number of aryl methyl sites for hydroxylation is 4. The van der Waals surface area contributed by atoms with Crippen LogP contribution in [0, 0.1) is 13.8 Å². The zero-order chi connectivity index (χ0) is 21.7. The molecule has 0 radical (unpaired) electrons. The van der Waals surface area contributed by atoms with E-state index in [-0.39, 0.29) is 0 Å². The number of likely N-dealkylation sites (N-methyl/N-ethyl adjacent to an activating group) is 1. The summed E-state index contributed by atoms with van der Waals surface area (Å²) in [6.45, 7) is 6.22. The molecule has 1 N–H and O–H groups in total. The predicted molar refractivity (Wildman–Crippen MR) is 122 cm³/mol. The molecule has 0 aliphatic carbocycles. The molecule has 160 valence electrons. The van der Waals surface area contributed by atoms with Gasteiger partial charge < -0.3 is 4.74 Å². The minimum absolute atomic E-state index is 0.573. The SMILES string of the molecule is Cc1nn(C)c2c1/C=C/c1[nH]nc3ccc(cc13)-c1c(C)nn(C)c1OCCN(C)C2. The lowest BCUT2D eigenvalue weighted by molar-refractivity contribution is 0.218. The minimum Gasteiger partial charge on any atom is -0.476 e. The summed E-state index contributed by atoms with van der Waals surface area (Å²) in [6, 6.07) is 6.29. The second-order valence-electron chi connectivity index (χ2n) is 8.25. The van der Waals surface area contributed by atoms with Crippen LogP contribution in [-0.4, -0.2) is 54.9 Å². The van der Waals surface area contributed by atoms with Crippen LogP contribution in [0.15, 0.2) is 18.2 Å². The van der Waals surface area contributed by atoms with Crippen molar-refractivity contribution in [2.75, 3.05) is 20.2 Å². The molecule has 0 saturated carbocycles. The average molecular weight is 418 g/mol. The van der Waals surface area contributed by atoms with Crippen molar-refractivity contribution in [1.82, 2.24) is 34.7 Å². The lowest BCUT2D eigenvalue weighted by Crippen LogP contribution is -2.25. The molecule has 1 aromatic carbocycles. The van der Waals surface area contributed by atoms with Crippen LogP contribution in [-0.2, 0) is 20.6 Å².